The molecule has 1 heterocycles. The van der Waals surface area contributed by atoms with Crippen molar-refractivity contribution in [2.24, 2.45) is 0 Å². The van der Waals surface area contributed by atoms with Crippen LogP contribution < -0.4 is 0 Å². The van der Waals surface area contributed by atoms with Crippen molar-refractivity contribution in [3.63, 3.8) is 0 Å². The van der Waals surface area contributed by atoms with Crippen LogP contribution in [0.4, 0.5) is 0 Å². The van der Waals surface area contributed by atoms with E-state index < -0.39 is 10.3 Å². The molecule has 1 unspecified atom stereocenters. The summed E-state index contributed by atoms with van der Waals surface area (Å²) in [6, 6.07) is 0. The van der Waals surface area contributed by atoms with Gasteiger partial charge >= 0.3 is 89.2 Å². The third-order valence-electron chi connectivity index (χ3n) is 1.95. The van der Waals surface area contributed by atoms with Gasteiger partial charge in [-0.3, -0.25) is 0 Å². The first-order valence-electron chi connectivity index (χ1n) is 4.38. The van der Waals surface area contributed by atoms with Crippen molar-refractivity contribution < 1.29 is 9.90 Å². The second kappa shape index (κ2) is 5.08. The van der Waals surface area contributed by atoms with Crippen LogP contribution in [0, 0.1) is 0 Å². The average Bonchev–Trinajstić information content (AvgIpc) is 2.55. The summed E-state index contributed by atoms with van der Waals surface area (Å²) in [6.07, 6.45) is 4.21. The van der Waals surface area contributed by atoms with E-state index in [-0.39, 0.29) is 15.0 Å². The summed E-state index contributed by atoms with van der Waals surface area (Å²) >= 11 is 1.84. The number of carboxylic acids is 1. The van der Waals surface area contributed by atoms with Gasteiger partial charge in [0.2, 0.25) is 0 Å². The molecule has 0 spiro atoms. The van der Waals surface area contributed by atoms with E-state index in [1.165, 1.54) is 0 Å². The molecule has 0 bridgehead atoms. The molecule has 0 saturated carbocycles. The van der Waals surface area contributed by atoms with Crippen LogP contribution in [0.1, 0.15) is 19.8 Å². The molecule has 0 radical (unpaired) electrons. The van der Waals surface area contributed by atoms with Crippen molar-refractivity contribution in [2.75, 3.05) is 5.75 Å². The Balaban J connectivity index is 2.48. The van der Waals surface area contributed by atoms with Crippen molar-refractivity contribution in [1.29, 1.82) is 0 Å². The van der Waals surface area contributed by atoms with Gasteiger partial charge in [-0.15, -0.1) is 0 Å². The Morgan fingerprint density at radius 1 is 1.77 bits per heavy atom. The summed E-state index contributed by atoms with van der Waals surface area (Å²) in [7, 11) is 0. The standard InChI is InChI=1S/C9H14O2SSe/c1-2-3-6-13-9(8(10)11)4-5-12-7-9/h4-5H,2-3,6-7H2,1H3,(H,10,11). The first-order chi connectivity index (χ1) is 6.21. The second-order valence-corrected chi connectivity index (χ2v) is 6.90. The Morgan fingerprint density at radius 2 is 2.54 bits per heavy atom. The monoisotopic (exact) mass is 266 g/mol. The second-order valence-electron chi connectivity index (χ2n) is 3.01. The van der Waals surface area contributed by atoms with E-state index in [2.05, 4.69) is 6.92 Å². The molecule has 0 aliphatic carbocycles. The van der Waals surface area contributed by atoms with Gasteiger partial charge in [-0.25, -0.2) is 0 Å². The number of carboxylic acid groups (broad SMARTS) is 1. The van der Waals surface area contributed by atoms with Crippen molar-refractivity contribution in [3.05, 3.63) is 11.5 Å². The number of hydrogen-bond acceptors (Lipinski definition) is 2. The summed E-state index contributed by atoms with van der Waals surface area (Å²) < 4.78 is -0.493. The quantitative estimate of drug-likeness (QED) is 0.612. The van der Waals surface area contributed by atoms with E-state index in [1.807, 2.05) is 11.5 Å². The van der Waals surface area contributed by atoms with Crippen molar-refractivity contribution >= 4 is 32.7 Å². The SMILES string of the molecule is CCCC[Se]C1(C(=O)O)C=CSC1. The van der Waals surface area contributed by atoms with Crippen LogP contribution in [0.5, 0.6) is 0 Å². The molecule has 74 valence electrons. The van der Waals surface area contributed by atoms with Gasteiger partial charge in [0, 0.05) is 0 Å². The third-order valence-corrected chi connectivity index (χ3v) is 6.38. The molecule has 0 aromatic heterocycles. The van der Waals surface area contributed by atoms with Crippen LogP contribution in [0.25, 0.3) is 0 Å². The summed E-state index contributed by atoms with van der Waals surface area (Å²) in [4.78, 5) is 11.1. The molecule has 0 fully saturated rings. The zero-order valence-electron chi connectivity index (χ0n) is 7.66. The first-order valence-corrected chi connectivity index (χ1v) is 7.49. The van der Waals surface area contributed by atoms with Crippen LogP contribution >= 0.6 is 11.8 Å². The first kappa shape index (κ1) is 11.2. The Kier molecular flexibility index (Phi) is 4.36. The van der Waals surface area contributed by atoms with Gasteiger partial charge < -0.3 is 0 Å². The van der Waals surface area contributed by atoms with Gasteiger partial charge in [-0.2, -0.15) is 0 Å². The van der Waals surface area contributed by atoms with Gasteiger partial charge in [0.05, 0.1) is 0 Å². The molecule has 1 N–H and O–H groups in total. The molecule has 0 saturated heterocycles. The number of thioether (sulfide) groups is 1. The molecule has 0 aromatic rings. The predicted molar refractivity (Wildman–Crippen MR) is 57.4 cm³/mol. The molecule has 1 rings (SSSR count). The Bertz CT molecular complexity index is 218. The topological polar surface area (TPSA) is 37.3 Å². The molecule has 4 heteroatoms. The normalized spacial score (nSPS) is 26.5. The third kappa shape index (κ3) is 2.76. The molecule has 1 atom stereocenters. The van der Waals surface area contributed by atoms with Crippen molar-refractivity contribution in [2.45, 2.75) is 29.4 Å². The fourth-order valence-corrected chi connectivity index (χ4v) is 5.46. The number of carbonyl (C=O) groups is 1. The van der Waals surface area contributed by atoms with E-state index >= 15 is 0 Å². The van der Waals surface area contributed by atoms with E-state index in [0.29, 0.717) is 0 Å². The summed E-state index contributed by atoms with van der Waals surface area (Å²) in [5.74, 6) is 0.108. The number of unbranched alkanes of at least 4 members (excludes halogenated alkanes) is 1. The van der Waals surface area contributed by atoms with Crippen LogP contribution in [0.2, 0.25) is 9.63 Å². The number of hydrogen-bond donors (Lipinski definition) is 1. The number of rotatable bonds is 5. The Morgan fingerprint density at radius 3 is 3.00 bits per heavy atom. The van der Waals surface area contributed by atoms with Crippen LogP contribution in [-0.2, 0) is 4.79 Å². The molecule has 1 aliphatic heterocycles. The van der Waals surface area contributed by atoms with E-state index in [1.54, 1.807) is 11.8 Å². The van der Waals surface area contributed by atoms with Gasteiger partial charge in [-0.05, 0) is 0 Å². The minimum absolute atomic E-state index is 0.217. The van der Waals surface area contributed by atoms with Crippen LogP contribution in [0.15, 0.2) is 11.5 Å². The fraction of sp³-hybridized carbons (Fsp3) is 0.667. The molecule has 13 heavy (non-hydrogen) atoms. The van der Waals surface area contributed by atoms with Crippen molar-refractivity contribution in [1.82, 2.24) is 0 Å². The van der Waals surface area contributed by atoms with Gasteiger partial charge in [0.1, 0.15) is 0 Å². The molecular formula is C9H14O2SSe. The molecule has 0 aromatic carbocycles. The molecule has 1 aliphatic rings. The maximum absolute atomic E-state index is 11.1. The Labute approximate surface area is 89.3 Å². The van der Waals surface area contributed by atoms with E-state index in [9.17, 15) is 4.79 Å². The van der Waals surface area contributed by atoms with Crippen molar-refractivity contribution in [3.8, 4) is 0 Å². The van der Waals surface area contributed by atoms with E-state index in [4.69, 9.17) is 5.11 Å². The molecule has 2 nitrogen and oxygen atoms in total. The Hall–Kier alpha value is 0.0795. The predicted octanol–water partition coefficient (Wildman–Crippen LogP) is 2.41. The summed E-state index contributed by atoms with van der Waals surface area (Å²) in [5.41, 5.74) is 0. The summed E-state index contributed by atoms with van der Waals surface area (Å²) in [6.45, 7) is 2.14. The zero-order chi connectivity index (χ0) is 9.73. The van der Waals surface area contributed by atoms with Crippen LogP contribution in [-0.4, -0.2) is 31.8 Å². The number of aliphatic carboxylic acids is 1. The molecule has 0 amide bonds. The fourth-order valence-electron chi connectivity index (χ4n) is 1.06. The maximum atomic E-state index is 11.1. The van der Waals surface area contributed by atoms with Gasteiger partial charge in [0.15, 0.2) is 0 Å². The molecular weight excluding hydrogens is 251 g/mol. The average molecular weight is 265 g/mol. The van der Waals surface area contributed by atoms with Gasteiger partial charge in [-0.1, -0.05) is 0 Å². The summed E-state index contributed by atoms with van der Waals surface area (Å²) in [5, 5.41) is 12.1. The zero-order valence-corrected chi connectivity index (χ0v) is 10.2. The van der Waals surface area contributed by atoms with Gasteiger partial charge in [0.25, 0.3) is 0 Å². The van der Waals surface area contributed by atoms with Crippen LogP contribution in [0.3, 0.4) is 0 Å². The minimum atomic E-state index is -0.634. The van der Waals surface area contributed by atoms with E-state index in [0.717, 1.165) is 23.9 Å².